The molecule has 5 heteroatoms. The number of fused-ring (bicyclic) bond motifs is 3. The number of aromatic nitrogens is 2. The first-order valence-electron chi connectivity index (χ1n) is 10.2. The average Bonchev–Trinajstić information content (AvgIpc) is 3.37. The highest BCUT2D eigenvalue weighted by molar-refractivity contribution is 5.97. The Balaban J connectivity index is 1.65. The van der Waals surface area contributed by atoms with E-state index < -0.39 is 0 Å². The van der Waals surface area contributed by atoms with E-state index in [1.165, 1.54) is 5.56 Å². The van der Waals surface area contributed by atoms with Gasteiger partial charge in [0.1, 0.15) is 6.10 Å². The number of hydrogen-bond donors (Lipinski definition) is 0. The lowest BCUT2D eigenvalue weighted by molar-refractivity contribution is 0.0788. The smallest absolute Gasteiger partial charge is 0.255 e. The fourth-order valence-electron chi connectivity index (χ4n) is 4.44. The van der Waals surface area contributed by atoms with Gasteiger partial charge in [-0.1, -0.05) is 30.3 Å². The normalized spacial score (nSPS) is 18.9. The summed E-state index contributed by atoms with van der Waals surface area (Å²) in [5.74, 6) is 0.907. The van der Waals surface area contributed by atoms with Crippen LogP contribution in [0, 0.1) is 13.8 Å². The van der Waals surface area contributed by atoms with Crippen LogP contribution in [0.1, 0.15) is 58.2 Å². The summed E-state index contributed by atoms with van der Waals surface area (Å²) >= 11 is 0. The van der Waals surface area contributed by atoms with Crippen LogP contribution in [0.15, 0.2) is 36.5 Å². The Hall–Kier alpha value is -2.82. The van der Waals surface area contributed by atoms with E-state index in [1.807, 2.05) is 47.5 Å². The number of pyridine rings is 1. The quantitative estimate of drug-likeness (QED) is 0.673. The minimum Gasteiger partial charge on any atom is -0.481 e. The summed E-state index contributed by atoms with van der Waals surface area (Å²) in [5.41, 5.74) is 5.81. The number of carbonyl (C=O) groups excluding carboxylic acids is 1. The molecule has 0 N–H and O–H groups in total. The van der Waals surface area contributed by atoms with Crippen LogP contribution in [-0.4, -0.2) is 33.3 Å². The predicted molar refractivity (Wildman–Crippen MR) is 108 cm³/mol. The summed E-state index contributed by atoms with van der Waals surface area (Å²) < 4.78 is 8.53. The van der Waals surface area contributed by atoms with Crippen LogP contribution in [0.3, 0.4) is 0 Å². The van der Waals surface area contributed by atoms with E-state index in [9.17, 15) is 4.79 Å². The van der Waals surface area contributed by atoms with Crippen molar-refractivity contribution in [1.82, 2.24) is 14.3 Å². The molecule has 1 fully saturated rings. The van der Waals surface area contributed by atoms with E-state index in [0.717, 1.165) is 72.7 Å². The fourth-order valence-corrected chi connectivity index (χ4v) is 4.44. The topological polar surface area (TPSA) is 46.8 Å². The van der Waals surface area contributed by atoms with E-state index in [1.54, 1.807) is 0 Å². The molecular formula is C23H25N3O2. The zero-order chi connectivity index (χ0) is 19.3. The molecule has 28 heavy (non-hydrogen) atoms. The first-order valence-corrected chi connectivity index (χ1v) is 10.2. The van der Waals surface area contributed by atoms with Crippen molar-refractivity contribution in [3.63, 3.8) is 0 Å². The first-order chi connectivity index (χ1) is 13.6. The van der Waals surface area contributed by atoms with E-state index in [0.29, 0.717) is 0 Å². The number of carbonyl (C=O) groups is 1. The molecule has 4 heterocycles. The van der Waals surface area contributed by atoms with E-state index in [-0.39, 0.29) is 12.0 Å². The summed E-state index contributed by atoms with van der Waals surface area (Å²) in [6.07, 6.45) is 5.85. The monoisotopic (exact) mass is 375 g/mol. The molecule has 1 atom stereocenters. The van der Waals surface area contributed by atoms with Crippen LogP contribution in [0.5, 0.6) is 5.75 Å². The van der Waals surface area contributed by atoms with E-state index in [2.05, 4.69) is 12.1 Å². The maximum Gasteiger partial charge on any atom is 0.255 e. The largest absolute Gasteiger partial charge is 0.481 e. The summed E-state index contributed by atoms with van der Waals surface area (Å²) in [6.45, 7) is 5.75. The van der Waals surface area contributed by atoms with Crippen molar-refractivity contribution in [2.75, 3.05) is 13.1 Å². The molecule has 5 rings (SSSR count). The van der Waals surface area contributed by atoms with Crippen LogP contribution in [0.25, 0.3) is 5.65 Å². The Kier molecular flexibility index (Phi) is 4.11. The number of aryl methyl sites for hydroxylation is 2. The van der Waals surface area contributed by atoms with Crippen molar-refractivity contribution >= 4 is 11.6 Å². The van der Waals surface area contributed by atoms with Gasteiger partial charge in [0.2, 0.25) is 0 Å². The van der Waals surface area contributed by atoms with Gasteiger partial charge in [-0.2, -0.15) is 0 Å². The summed E-state index contributed by atoms with van der Waals surface area (Å²) in [4.78, 5) is 20.0. The highest BCUT2D eigenvalue weighted by atomic mass is 16.5. The second kappa shape index (κ2) is 6.66. The molecule has 2 aliphatic rings. The molecule has 0 unspecified atom stereocenters. The molecule has 5 nitrogen and oxygen atoms in total. The van der Waals surface area contributed by atoms with Crippen molar-refractivity contribution in [1.29, 1.82) is 0 Å². The Morgan fingerprint density at radius 1 is 1.14 bits per heavy atom. The predicted octanol–water partition coefficient (Wildman–Crippen LogP) is 4.25. The fraction of sp³-hybridized carbons (Fsp3) is 0.391. The van der Waals surface area contributed by atoms with Crippen LogP contribution >= 0.6 is 0 Å². The maximum absolute atomic E-state index is 13.3. The number of imidazole rings is 1. The third-order valence-corrected chi connectivity index (χ3v) is 6.16. The maximum atomic E-state index is 13.3. The molecule has 0 aliphatic carbocycles. The zero-order valence-corrected chi connectivity index (χ0v) is 16.4. The highest BCUT2D eigenvalue weighted by Crippen LogP contribution is 2.40. The number of rotatable bonds is 2. The molecule has 2 aliphatic heterocycles. The van der Waals surface area contributed by atoms with Crippen LogP contribution in [0.2, 0.25) is 0 Å². The minimum atomic E-state index is -0.00745. The van der Waals surface area contributed by atoms with Gasteiger partial charge in [0, 0.05) is 30.5 Å². The van der Waals surface area contributed by atoms with Crippen molar-refractivity contribution in [2.24, 2.45) is 0 Å². The van der Waals surface area contributed by atoms with Crippen molar-refractivity contribution in [2.45, 2.75) is 45.6 Å². The molecule has 0 radical (unpaired) electrons. The number of hydrogen-bond acceptors (Lipinski definition) is 3. The lowest BCUT2D eigenvalue weighted by Gasteiger charge is -2.29. The molecule has 2 aromatic heterocycles. The second-order valence-corrected chi connectivity index (χ2v) is 7.88. The Labute approximate surface area is 164 Å². The van der Waals surface area contributed by atoms with Gasteiger partial charge in [-0.25, -0.2) is 4.98 Å². The number of nitrogens with zero attached hydrogens (tertiary/aromatic N) is 3. The first kappa shape index (κ1) is 17.3. The van der Waals surface area contributed by atoms with E-state index >= 15 is 0 Å². The average molecular weight is 375 g/mol. The number of benzene rings is 1. The van der Waals surface area contributed by atoms with Crippen molar-refractivity contribution in [3.05, 3.63) is 64.6 Å². The van der Waals surface area contributed by atoms with Gasteiger partial charge >= 0.3 is 0 Å². The third kappa shape index (κ3) is 2.68. The van der Waals surface area contributed by atoms with Gasteiger partial charge in [0.15, 0.2) is 11.4 Å². The third-order valence-electron chi connectivity index (χ3n) is 6.16. The molecule has 1 amide bonds. The summed E-state index contributed by atoms with van der Waals surface area (Å²) in [7, 11) is 0. The SMILES string of the molecule is Cc1nc2c3c(c(C(=O)N4CCCC4)cn2c1C)CC[C@H](c1ccccc1)O3. The lowest BCUT2D eigenvalue weighted by Crippen LogP contribution is -2.30. The van der Waals surface area contributed by atoms with E-state index in [4.69, 9.17) is 9.72 Å². The molecular weight excluding hydrogens is 350 g/mol. The van der Waals surface area contributed by atoms with Gasteiger partial charge in [0.25, 0.3) is 5.91 Å². The van der Waals surface area contributed by atoms with Crippen molar-refractivity contribution < 1.29 is 9.53 Å². The minimum absolute atomic E-state index is 0.00745. The Morgan fingerprint density at radius 2 is 1.89 bits per heavy atom. The van der Waals surface area contributed by atoms with Gasteiger partial charge in [-0.15, -0.1) is 0 Å². The Bertz CT molecular complexity index is 1050. The Morgan fingerprint density at radius 3 is 2.64 bits per heavy atom. The number of likely N-dealkylation sites (tertiary alicyclic amines) is 1. The molecule has 1 saturated heterocycles. The van der Waals surface area contributed by atoms with Crippen LogP contribution < -0.4 is 4.74 Å². The van der Waals surface area contributed by atoms with Crippen LogP contribution in [0.4, 0.5) is 0 Å². The highest BCUT2D eigenvalue weighted by Gasteiger charge is 2.31. The molecule has 0 spiro atoms. The van der Waals surface area contributed by atoms with Crippen molar-refractivity contribution in [3.8, 4) is 5.75 Å². The van der Waals surface area contributed by atoms with Crippen LogP contribution in [-0.2, 0) is 6.42 Å². The number of amides is 1. The van der Waals surface area contributed by atoms with Gasteiger partial charge in [0.05, 0.1) is 11.3 Å². The molecule has 144 valence electrons. The van der Waals surface area contributed by atoms with Gasteiger partial charge < -0.3 is 14.0 Å². The molecule has 0 bridgehead atoms. The number of ether oxygens (including phenoxy) is 1. The van der Waals surface area contributed by atoms with Gasteiger partial charge in [-0.3, -0.25) is 4.79 Å². The second-order valence-electron chi connectivity index (χ2n) is 7.88. The summed E-state index contributed by atoms with van der Waals surface area (Å²) in [6, 6.07) is 10.3. The molecule has 1 aromatic carbocycles. The molecule has 0 saturated carbocycles. The molecule has 3 aromatic rings. The van der Waals surface area contributed by atoms with Gasteiger partial charge in [-0.05, 0) is 45.1 Å². The lowest BCUT2D eigenvalue weighted by atomic mass is 9.94. The zero-order valence-electron chi connectivity index (χ0n) is 16.4. The standard InChI is InChI=1S/C23H25N3O2/c1-15-16(2)26-14-19(23(27)25-12-6-7-13-25)18-10-11-20(17-8-4-3-5-9-17)28-21(18)22(26)24-15/h3-5,8-9,14,20H,6-7,10-13H2,1-2H3/t20-/m1/s1. The summed E-state index contributed by atoms with van der Waals surface area (Å²) in [5, 5.41) is 0.